The zero-order valence-electron chi connectivity index (χ0n) is 14.6. The predicted octanol–water partition coefficient (Wildman–Crippen LogP) is 2.18. The number of carbonyl (C=O) groups excluding carboxylic acids is 1. The lowest BCUT2D eigenvalue weighted by Crippen LogP contribution is -2.59. The van der Waals surface area contributed by atoms with Crippen LogP contribution in [-0.4, -0.2) is 77.6 Å². The van der Waals surface area contributed by atoms with E-state index in [0.29, 0.717) is 31.9 Å². The van der Waals surface area contributed by atoms with Crippen LogP contribution < -0.4 is 0 Å². The van der Waals surface area contributed by atoms with E-state index in [1.807, 2.05) is 19.9 Å². The molecule has 0 unspecified atom stereocenters. The van der Waals surface area contributed by atoms with Crippen molar-refractivity contribution in [1.29, 1.82) is 0 Å². The molecule has 2 rings (SSSR count). The van der Waals surface area contributed by atoms with Gasteiger partial charge >= 0.3 is 6.18 Å². The lowest BCUT2D eigenvalue weighted by Gasteiger charge is -2.47. The molecule has 0 saturated carbocycles. The third-order valence-corrected chi connectivity index (χ3v) is 4.30. The average molecular weight is 346 g/mol. The summed E-state index contributed by atoms with van der Waals surface area (Å²) in [5.74, 6) is -0.101. The molecule has 1 fully saturated rings. The Bertz CT molecular complexity index is 580. The number of piperazine rings is 1. The molecule has 0 bridgehead atoms. The van der Waals surface area contributed by atoms with Gasteiger partial charge in [-0.1, -0.05) is 0 Å². The van der Waals surface area contributed by atoms with Gasteiger partial charge in [0.25, 0.3) is 5.91 Å². The molecular formula is C16H25F3N4O. The van der Waals surface area contributed by atoms with E-state index < -0.39 is 12.7 Å². The van der Waals surface area contributed by atoms with Crippen molar-refractivity contribution in [3.05, 3.63) is 23.5 Å². The van der Waals surface area contributed by atoms with Crippen molar-refractivity contribution >= 4 is 5.91 Å². The summed E-state index contributed by atoms with van der Waals surface area (Å²) in [6.07, 6.45) is -4.17. The standard InChI is InChI=1S/C16H25F3N4O/c1-15(2)10-22(11-16(17,18)19)7-8-23(15)9-12-5-6-13(20-12)14(24)21(3)4/h5-6,20H,7-11H2,1-4H3. The summed E-state index contributed by atoms with van der Waals surface area (Å²) in [7, 11) is 3.37. The van der Waals surface area contributed by atoms with Gasteiger partial charge in [-0.3, -0.25) is 14.6 Å². The molecule has 2 heterocycles. The highest BCUT2D eigenvalue weighted by Crippen LogP contribution is 2.26. The fourth-order valence-electron chi connectivity index (χ4n) is 3.08. The van der Waals surface area contributed by atoms with E-state index in [0.717, 1.165) is 5.69 Å². The maximum Gasteiger partial charge on any atom is 0.401 e. The molecule has 24 heavy (non-hydrogen) atoms. The van der Waals surface area contributed by atoms with Crippen LogP contribution in [-0.2, 0) is 6.54 Å². The van der Waals surface area contributed by atoms with Crippen molar-refractivity contribution in [2.45, 2.75) is 32.1 Å². The quantitative estimate of drug-likeness (QED) is 0.909. The molecule has 0 aromatic carbocycles. The molecule has 136 valence electrons. The molecule has 0 atom stereocenters. The lowest BCUT2D eigenvalue weighted by atomic mass is 9.98. The summed E-state index contributed by atoms with van der Waals surface area (Å²) >= 11 is 0. The van der Waals surface area contributed by atoms with Crippen LogP contribution in [0.4, 0.5) is 13.2 Å². The second-order valence-electron chi connectivity index (χ2n) is 7.16. The van der Waals surface area contributed by atoms with Crippen molar-refractivity contribution in [3.63, 3.8) is 0 Å². The monoisotopic (exact) mass is 346 g/mol. The topological polar surface area (TPSA) is 42.6 Å². The number of amides is 1. The van der Waals surface area contributed by atoms with Crippen LogP contribution in [0.15, 0.2) is 12.1 Å². The van der Waals surface area contributed by atoms with Crippen LogP contribution in [0, 0.1) is 0 Å². The third kappa shape index (κ3) is 4.73. The van der Waals surface area contributed by atoms with Gasteiger partial charge in [0.2, 0.25) is 0 Å². The Morgan fingerprint density at radius 2 is 1.96 bits per heavy atom. The van der Waals surface area contributed by atoms with E-state index in [4.69, 9.17) is 0 Å². The maximum atomic E-state index is 12.6. The molecule has 8 heteroatoms. The number of hydrogen-bond acceptors (Lipinski definition) is 3. The molecule has 1 N–H and O–H groups in total. The minimum absolute atomic E-state index is 0.101. The smallest absolute Gasteiger partial charge is 0.353 e. The molecule has 0 spiro atoms. The van der Waals surface area contributed by atoms with E-state index in [1.54, 1.807) is 20.2 Å². The van der Waals surface area contributed by atoms with E-state index in [2.05, 4.69) is 9.88 Å². The van der Waals surface area contributed by atoms with Gasteiger partial charge < -0.3 is 9.88 Å². The zero-order valence-corrected chi connectivity index (χ0v) is 14.6. The summed E-state index contributed by atoms with van der Waals surface area (Å²) in [6, 6.07) is 3.60. The summed E-state index contributed by atoms with van der Waals surface area (Å²) in [5, 5.41) is 0. The van der Waals surface area contributed by atoms with Crippen LogP contribution in [0.2, 0.25) is 0 Å². The van der Waals surface area contributed by atoms with Crippen LogP contribution >= 0.6 is 0 Å². The summed E-state index contributed by atoms with van der Waals surface area (Å²) in [4.78, 5) is 20.1. The first-order valence-corrected chi connectivity index (χ1v) is 7.92. The molecular weight excluding hydrogens is 321 g/mol. The Balaban J connectivity index is 2.00. The van der Waals surface area contributed by atoms with Crippen molar-refractivity contribution in [2.24, 2.45) is 0 Å². The van der Waals surface area contributed by atoms with Crippen LogP contribution in [0.3, 0.4) is 0 Å². The number of halogens is 3. The molecule has 0 aliphatic carbocycles. The van der Waals surface area contributed by atoms with Crippen molar-refractivity contribution in [3.8, 4) is 0 Å². The Morgan fingerprint density at radius 3 is 2.50 bits per heavy atom. The molecule has 1 saturated heterocycles. The van der Waals surface area contributed by atoms with Crippen molar-refractivity contribution < 1.29 is 18.0 Å². The fourth-order valence-corrected chi connectivity index (χ4v) is 3.08. The van der Waals surface area contributed by atoms with Gasteiger partial charge in [-0.2, -0.15) is 13.2 Å². The van der Waals surface area contributed by atoms with Gasteiger partial charge in [0.05, 0.1) is 6.54 Å². The molecule has 1 aliphatic rings. The lowest BCUT2D eigenvalue weighted by molar-refractivity contribution is -0.155. The number of aromatic nitrogens is 1. The molecule has 5 nitrogen and oxygen atoms in total. The van der Waals surface area contributed by atoms with Gasteiger partial charge in [-0.25, -0.2) is 0 Å². The fraction of sp³-hybridized carbons (Fsp3) is 0.688. The average Bonchev–Trinajstić information content (AvgIpc) is 2.87. The number of rotatable bonds is 4. The Labute approximate surface area is 140 Å². The van der Waals surface area contributed by atoms with Crippen molar-refractivity contribution in [1.82, 2.24) is 19.7 Å². The largest absolute Gasteiger partial charge is 0.401 e. The number of hydrogen-bond donors (Lipinski definition) is 1. The minimum atomic E-state index is -4.17. The van der Waals surface area contributed by atoms with E-state index in [9.17, 15) is 18.0 Å². The first-order chi connectivity index (χ1) is 11.0. The van der Waals surface area contributed by atoms with Gasteiger partial charge in [-0.15, -0.1) is 0 Å². The number of nitrogens with one attached hydrogen (secondary N) is 1. The second kappa shape index (κ2) is 6.76. The summed E-state index contributed by atoms with van der Waals surface area (Å²) in [6.45, 7) is 4.90. The predicted molar refractivity (Wildman–Crippen MR) is 85.8 cm³/mol. The number of H-pyrrole nitrogens is 1. The van der Waals surface area contributed by atoms with Gasteiger partial charge in [0.1, 0.15) is 5.69 Å². The number of alkyl halides is 3. The summed E-state index contributed by atoms with van der Waals surface area (Å²) in [5.41, 5.74) is 1.03. The zero-order chi connectivity index (χ0) is 18.1. The molecule has 0 radical (unpaired) electrons. The van der Waals surface area contributed by atoms with Crippen LogP contribution in [0.1, 0.15) is 30.0 Å². The molecule has 1 aromatic heterocycles. The molecule has 1 aliphatic heterocycles. The highest BCUT2D eigenvalue weighted by molar-refractivity contribution is 5.92. The van der Waals surface area contributed by atoms with E-state index >= 15 is 0 Å². The molecule has 1 aromatic rings. The first-order valence-electron chi connectivity index (χ1n) is 7.92. The van der Waals surface area contributed by atoms with E-state index in [-0.39, 0.29) is 11.4 Å². The van der Waals surface area contributed by atoms with Crippen LogP contribution in [0.25, 0.3) is 0 Å². The third-order valence-electron chi connectivity index (χ3n) is 4.30. The highest BCUT2D eigenvalue weighted by atomic mass is 19.4. The van der Waals surface area contributed by atoms with Gasteiger partial charge in [0, 0.05) is 51.5 Å². The maximum absolute atomic E-state index is 12.6. The number of nitrogens with zero attached hydrogens (tertiary/aromatic N) is 3. The Morgan fingerprint density at radius 1 is 1.29 bits per heavy atom. The van der Waals surface area contributed by atoms with Gasteiger partial charge in [-0.05, 0) is 26.0 Å². The normalized spacial score (nSPS) is 19.5. The second-order valence-corrected chi connectivity index (χ2v) is 7.16. The Hall–Kier alpha value is -1.54. The van der Waals surface area contributed by atoms with Crippen LogP contribution in [0.5, 0.6) is 0 Å². The number of carbonyl (C=O) groups is 1. The summed E-state index contributed by atoms with van der Waals surface area (Å²) < 4.78 is 37.8. The molecule has 1 amide bonds. The first kappa shape index (κ1) is 18.8. The minimum Gasteiger partial charge on any atom is -0.353 e. The Kier molecular flexibility index (Phi) is 5.29. The van der Waals surface area contributed by atoms with Crippen molar-refractivity contribution in [2.75, 3.05) is 40.3 Å². The highest BCUT2D eigenvalue weighted by Gasteiger charge is 2.38. The number of aromatic amines is 1. The van der Waals surface area contributed by atoms with E-state index in [1.165, 1.54) is 9.80 Å². The SMILES string of the molecule is CN(C)C(=O)c1ccc(CN2CCN(CC(F)(F)F)CC2(C)C)[nH]1. The van der Waals surface area contributed by atoms with Gasteiger partial charge in [0.15, 0.2) is 0 Å².